The number of hydrogen-bond donors (Lipinski definition) is 1. The van der Waals surface area contributed by atoms with E-state index >= 15 is 0 Å². The van der Waals surface area contributed by atoms with Crippen LogP contribution in [0.15, 0.2) is 42.7 Å². The third-order valence-electron chi connectivity index (χ3n) is 2.96. The summed E-state index contributed by atoms with van der Waals surface area (Å²) in [6.45, 7) is 7.69. The summed E-state index contributed by atoms with van der Waals surface area (Å²) in [4.78, 5) is 3.98. The molecule has 112 valence electrons. The van der Waals surface area contributed by atoms with Gasteiger partial charge in [-0.25, -0.2) is 0 Å². The summed E-state index contributed by atoms with van der Waals surface area (Å²) < 4.78 is 5.74. The van der Waals surface area contributed by atoms with Crippen LogP contribution >= 0.6 is 11.6 Å². The Morgan fingerprint density at radius 2 is 1.81 bits per heavy atom. The van der Waals surface area contributed by atoms with Crippen LogP contribution in [0.3, 0.4) is 0 Å². The first-order chi connectivity index (χ1) is 9.94. The van der Waals surface area contributed by atoms with Crippen molar-refractivity contribution in [1.29, 1.82) is 0 Å². The average Bonchev–Trinajstić information content (AvgIpc) is 2.44. The third-order valence-corrected chi connectivity index (χ3v) is 3.26. The highest BCUT2D eigenvalue weighted by atomic mass is 35.5. The van der Waals surface area contributed by atoms with E-state index in [1.165, 1.54) is 0 Å². The minimum atomic E-state index is 0.0863. The summed E-state index contributed by atoms with van der Waals surface area (Å²) in [5, 5.41) is 4.07. The van der Waals surface area contributed by atoms with Gasteiger partial charge < -0.3 is 10.1 Å². The topological polar surface area (TPSA) is 34.1 Å². The molecule has 21 heavy (non-hydrogen) atoms. The lowest BCUT2D eigenvalue weighted by Crippen LogP contribution is -2.35. The van der Waals surface area contributed by atoms with Crippen molar-refractivity contribution < 1.29 is 4.74 Å². The minimum absolute atomic E-state index is 0.0863. The van der Waals surface area contributed by atoms with Gasteiger partial charge in [0.15, 0.2) is 0 Å². The zero-order chi connectivity index (χ0) is 15.3. The van der Waals surface area contributed by atoms with Crippen molar-refractivity contribution in [3.8, 4) is 5.75 Å². The van der Waals surface area contributed by atoms with Crippen LogP contribution in [0.4, 0.5) is 0 Å². The van der Waals surface area contributed by atoms with Gasteiger partial charge in [-0.05, 0) is 56.2 Å². The molecule has 4 heteroatoms. The molecule has 0 aliphatic carbocycles. The van der Waals surface area contributed by atoms with Gasteiger partial charge in [0.1, 0.15) is 12.4 Å². The van der Waals surface area contributed by atoms with Gasteiger partial charge in [-0.15, -0.1) is 0 Å². The highest BCUT2D eigenvalue weighted by Crippen LogP contribution is 2.26. The molecule has 1 aromatic carbocycles. The van der Waals surface area contributed by atoms with E-state index < -0.39 is 0 Å². The summed E-state index contributed by atoms with van der Waals surface area (Å²) in [5.74, 6) is 0.702. The number of aromatic nitrogens is 1. The zero-order valence-electron chi connectivity index (χ0n) is 12.7. The van der Waals surface area contributed by atoms with Gasteiger partial charge in [0.05, 0.1) is 5.02 Å². The maximum Gasteiger partial charge on any atom is 0.138 e. The van der Waals surface area contributed by atoms with Crippen molar-refractivity contribution >= 4 is 11.6 Å². The van der Waals surface area contributed by atoms with E-state index in [0.717, 1.165) is 17.7 Å². The first kappa shape index (κ1) is 15.8. The molecule has 2 rings (SSSR count). The number of rotatable bonds is 5. The number of ether oxygens (including phenoxy) is 1. The Balaban J connectivity index is 1.96. The van der Waals surface area contributed by atoms with Crippen LogP contribution in [-0.2, 0) is 13.2 Å². The van der Waals surface area contributed by atoms with Crippen molar-refractivity contribution in [2.75, 3.05) is 0 Å². The van der Waals surface area contributed by atoms with Crippen LogP contribution in [0.1, 0.15) is 31.9 Å². The molecule has 0 saturated heterocycles. The van der Waals surface area contributed by atoms with Crippen molar-refractivity contribution in [3.63, 3.8) is 0 Å². The fraction of sp³-hybridized carbons (Fsp3) is 0.353. The first-order valence-corrected chi connectivity index (χ1v) is 7.37. The van der Waals surface area contributed by atoms with Crippen molar-refractivity contribution in [3.05, 3.63) is 58.9 Å². The SMILES string of the molecule is CC(C)(C)NCc1ccc(OCc2ccncc2)c(Cl)c1. The predicted molar refractivity (Wildman–Crippen MR) is 86.6 cm³/mol. The van der Waals surface area contributed by atoms with Crippen LogP contribution in [0.25, 0.3) is 0 Å². The fourth-order valence-corrected chi connectivity index (χ4v) is 2.04. The Kier molecular flexibility index (Phi) is 5.21. The largest absolute Gasteiger partial charge is 0.487 e. The second kappa shape index (κ2) is 6.92. The van der Waals surface area contributed by atoms with Crippen molar-refractivity contribution in [1.82, 2.24) is 10.3 Å². The molecule has 0 spiro atoms. The molecule has 0 saturated carbocycles. The molecular formula is C17H21ClN2O. The molecule has 0 aliphatic rings. The number of benzene rings is 1. The normalized spacial score (nSPS) is 11.4. The summed E-state index contributed by atoms with van der Waals surface area (Å²) >= 11 is 6.28. The lowest BCUT2D eigenvalue weighted by Gasteiger charge is -2.20. The molecule has 0 aliphatic heterocycles. The van der Waals surface area contributed by atoms with Crippen LogP contribution in [-0.4, -0.2) is 10.5 Å². The molecular weight excluding hydrogens is 284 g/mol. The number of nitrogens with zero attached hydrogens (tertiary/aromatic N) is 1. The van der Waals surface area contributed by atoms with Crippen LogP contribution in [0.5, 0.6) is 5.75 Å². The lowest BCUT2D eigenvalue weighted by atomic mass is 10.1. The maximum absolute atomic E-state index is 6.28. The van der Waals surface area contributed by atoms with Crippen LogP contribution < -0.4 is 10.1 Å². The van der Waals surface area contributed by atoms with Crippen molar-refractivity contribution in [2.45, 2.75) is 39.5 Å². The van der Waals surface area contributed by atoms with E-state index in [2.05, 4.69) is 31.1 Å². The Morgan fingerprint density at radius 3 is 2.43 bits per heavy atom. The zero-order valence-corrected chi connectivity index (χ0v) is 13.4. The Hall–Kier alpha value is -1.58. The van der Waals surface area contributed by atoms with Crippen molar-refractivity contribution in [2.24, 2.45) is 0 Å². The molecule has 0 atom stereocenters. The average molecular weight is 305 g/mol. The Bertz CT molecular complexity index is 579. The molecule has 1 heterocycles. The van der Waals surface area contributed by atoms with E-state index in [9.17, 15) is 0 Å². The van der Waals surface area contributed by atoms with Gasteiger partial charge in [0, 0.05) is 24.5 Å². The second-order valence-electron chi connectivity index (χ2n) is 6.01. The lowest BCUT2D eigenvalue weighted by molar-refractivity contribution is 0.306. The quantitative estimate of drug-likeness (QED) is 0.899. The summed E-state index contributed by atoms with van der Waals surface area (Å²) in [6.07, 6.45) is 3.50. The smallest absolute Gasteiger partial charge is 0.138 e. The van der Waals surface area contributed by atoms with E-state index in [1.807, 2.05) is 30.3 Å². The molecule has 2 aromatic rings. The van der Waals surface area contributed by atoms with E-state index in [0.29, 0.717) is 17.4 Å². The number of halogens is 1. The van der Waals surface area contributed by atoms with Crippen LogP contribution in [0, 0.1) is 0 Å². The monoisotopic (exact) mass is 304 g/mol. The minimum Gasteiger partial charge on any atom is -0.487 e. The fourth-order valence-electron chi connectivity index (χ4n) is 1.78. The summed E-state index contributed by atoms with van der Waals surface area (Å²) in [6, 6.07) is 9.75. The van der Waals surface area contributed by atoms with Gasteiger partial charge >= 0.3 is 0 Å². The van der Waals surface area contributed by atoms with E-state index in [1.54, 1.807) is 12.4 Å². The van der Waals surface area contributed by atoms with Gasteiger partial charge in [-0.3, -0.25) is 4.98 Å². The second-order valence-corrected chi connectivity index (χ2v) is 6.42. The maximum atomic E-state index is 6.28. The van der Waals surface area contributed by atoms with Gasteiger partial charge in [-0.1, -0.05) is 17.7 Å². The summed E-state index contributed by atoms with van der Waals surface area (Å²) in [5.41, 5.74) is 2.30. The number of pyridine rings is 1. The standard InChI is InChI=1S/C17H21ClN2O/c1-17(2,3)20-11-14-4-5-16(15(18)10-14)21-12-13-6-8-19-9-7-13/h4-10,20H,11-12H2,1-3H3. The predicted octanol–water partition coefficient (Wildman–Crippen LogP) is 4.20. The highest BCUT2D eigenvalue weighted by molar-refractivity contribution is 6.32. The van der Waals surface area contributed by atoms with Gasteiger partial charge in [0.25, 0.3) is 0 Å². The molecule has 0 amide bonds. The van der Waals surface area contributed by atoms with Crippen LogP contribution in [0.2, 0.25) is 5.02 Å². The Labute approximate surface area is 131 Å². The molecule has 1 N–H and O–H groups in total. The number of nitrogens with one attached hydrogen (secondary N) is 1. The van der Waals surface area contributed by atoms with E-state index in [4.69, 9.17) is 16.3 Å². The number of hydrogen-bond acceptors (Lipinski definition) is 3. The molecule has 0 bridgehead atoms. The summed E-state index contributed by atoms with van der Waals surface area (Å²) in [7, 11) is 0. The van der Waals surface area contributed by atoms with Gasteiger partial charge in [-0.2, -0.15) is 0 Å². The van der Waals surface area contributed by atoms with E-state index in [-0.39, 0.29) is 5.54 Å². The molecule has 1 aromatic heterocycles. The molecule has 0 unspecified atom stereocenters. The highest BCUT2D eigenvalue weighted by Gasteiger charge is 2.09. The first-order valence-electron chi connectivity index (χ1n) is 6.99. The third kappa shape index (κ3) is 5.37. The molecule has 3 nitrogen and oxygen atoms in total. The Morgan fingerprint density at radius 1 is 1.10 bits per heavy atom. The van der Waals surface area contributed by atoms with Gasteiger partial charge in [0.2, 0.25) is 0 Å². The molecule has 0 radical (unpaired) electrons. The molecule has 0 fully saturated rings.